The van der Waals surface area contributed by atoms with Crippen LogP contribution in [0.2, 0.25) is 0 Å². The lowest BCUT2D eigenvalue weighted by Gasteiger charge is -2.40. The molecule has 0 radical (unpaired) electrons. The third-order valence-corrected chi connectivity index (χ3v) is 15.1. The average Bonchev–Trinajstić information content (AvgIpc) is 3.56. The molecule has 192 valence electrons. The highest BCUT2D eigenvalue weighted by Gasteiger charge is 2.72. The maximum absolute atomic E-state index is 15.3. The summed E-state index contributed by atoms with van der Waals surface area (Å²) in [6.45, 7) is 0. The van der Waals surface area contributed by atoms with E-state index in [0.717, 1.165) is 27.1 Å². The lowest BCUT2D eigenvalue weighted by molar-refractivity contribution is 0.476. The zero-order valence-corrected chi connectivity index (χ0v) is 22.5. The van der Waals surface area contributed by atoms with Crippen molar-refractivity contribution in [3.63, 3.8) is 0 Å². The van der Waals surface area contributed by atoms with Gasteiger partial charge in [0.1, 0.15) is 0 Å². The molecule has 2 aliphatic carbocycles. The molecule has 0 amide bonds. The molecule has 1 saturated carbocycles. The molecule has 5 aromatic rings. The van der Waals surface area contributed by atoms with Crippen LogP contribution in [0.3, 0.4) is 0 Å². The number of hydrogen-bond acceptors (Lipinski definition) is 4. The minimum absolute atomic E-state index is 0.0989. The summed E-state index contributed by atoms with van der Waals surface area (Å²) in [7, 11) is -8.84. The van der Waals surface area contributed by atoms with E-state index in [4.69, 9.17) is 0 Å². The van der Waals surface area contributed by atoms with Gasteiger partial charge in [-0.15, -0.1) is 0 Å². The molecule has 39 heavy (non-hydrogen) atoms. The zero-order chi connectivity index (χ0) is 26.6. The maximum Gasteiger partial charge on any atom is 0.200 e. The number of allylic oxidation sites excluding steroid dienone is 2. The Bertz CT molecular complexity index is 1980. The predicted molar refractivity (Wildman–Crippen MR) is 154 cm³/mol. The number of fused-ring (bicyclic) bond motifs is 10. The summed E-state index contributed by atoms with van der Waals surface area (Å²) in [4.78, 5) is 0.198. The van der Waals surface area contributed by atoms with Crippen molar-refractivity contribution in [2.75, 3.05) is 0 Å². The number of benzene rings is 5. The number of hydrogen-bond donors (Lipinski definition) is 0. The monoisotopic (exact) mass is 548 g/mol. The lowest BCUT2D eigenvalue weighted by atomic mass is 9.86. The summed E-state index contributed by atoms with van der Waals surface area (Å²) in [6, 6.07) is 31.5. The normalized spacial score (nSPS) is 25.0. The average molecular weight is 549 g/mol. The number of sulfone groups is 2. The fourth-order valence-corrected chi connectivity index (χ4v) is 13.9. The smallest absolute Gasteiger partial charge is 0.200 e. The topological polar surface area (TPSA) is 68.3 Å². The van der Waals surface area contributed by atoms with Crippen LogP contribution in [0.1, 0.15) is 17.9 Å². The van der Waals surface area contributed by atoms with E-state index in [2.05, 4.69) is 0 Å². The molecular formula is C33H24O4S2. The molecule has 0 N–H and O–H groups in total. The van der Waals surface area contributed by atoms with Gasteiger partial charge in [0.2, 0.25) is 19.7 Å². The second kappa shape index (κ2) is 7.68. The van der Waals surface area contributed by atoms with Crippen LogP contribution in [-0.4, -0.2) is 20.9 Å². The fourth-order valence-electron chi connectivity index (χ4n) is 7.63. The Morgan fingerprint density at radius 2 is 1.08 bits per heavy atom. The van der Waals surface area contributed by atoms with Crippen LogP contribution in [0.5, 0.6) is 0 Å². The first-order valence-corrected chi connectivity index (χ1v) is 16.1. The van der Waals surface area contributed by atoms with E-state index in [-0.39, 0.29) is 15.7 Å². The Hall–Kier alpha value is -3.74. The molecule has 1 aliphatic heterocycles. The van der Waals surface area contributed by atoms with Crippen molar-refractivity contribution >= 4 is 41.2 Å². The van der Waals surface area contributed by atoms with Crippen molar-refractivity contribution in [1.29, 1.82) is 0 Å². The van der Waals surface area contributed by atoms with Gasteiger partial charge >= 0.3 is 0 Å². The number of rotatable bonds is 1. The fraction of sp³-hybridized carbons (Fsp3) is 0.152. The van der Waals surface area contributed by atoms with Crippen molar-refractivity contribution in [1.82, 2.24) is 0 Å². The van der Waals surface area contributed by atoms with Crippen molar-refractivity contribution in [3.05, 3.63) is 121 Å². The van der Waals surface area contributed by atoms with E-state index in [1.165, 1.54) is 0 Å². The van der Waals surface area contributed by atoms with Gasteiger partial charge in [0.25, 0.3) is 0 Å². The molecule has 1 spiro atoms. The summed E-state index contributed by atoms with van der Waals surface area (Å²) >= 11 is 0. The Labute approximate surface area is 227 Å². The van der Waals surface area contributed by atoms with Crippen LogP contribution >= 0.6 is 0 Å². The van der Waals surface area contributed by atoms with Gasteiger partial charge < -0.3 is 0 Å². The zero-order valence-electron chi connectivity index (χ0n) is 20.9. The van der Waals surface area contributed by atoms with Gasteiger partial charge in [-0.25, -0.2) is 16.8 Å². The van der Waals surface area contributed by atoms with Gasteiger partial charge in [0.05, 0.1) is 9.79 Å². The van der Waals surface area contributed by atoms with Crippen molar-refractivity contribution in [2.24, 2.45) is 11.8 Å². The van der Waals surface area contributed by atoms with Crippen LogP contribution in [0.25, 0.3) is 32.7 Å². The Kier molecular flexibility index (Phi) is 4.56. The van der Waals surface area contributed by atoms with Gasteiger partial charge in [-0.1, -0.05) is 103 Å². The third kappa shape index (κ3) is 2.68. The molecule has 5 aromatic carbocycles. The highest BCUT2D eigenvalue weighted by atomic mass is 32.3. The van der Waals surface area contributed by atoms with E-state index >= 15 is 16.8 Å². The van der Waals surface area contributed by atoms with Gasteiger partial charge in [0.15, 0.2) is 4.08 Å². The first-order chi connectivity index (χ1) is 18.9. The van der Waals surface area contributed by atoms with Crippen LogP contribution in [0.4, 0.5) is 0 Å². The molecule has 3 aliphatic rings. The van der Waals surface area contributed by atoms with E-state index in [1.54, 1.807) is 12.1 Å². The molecular weight excluding hydrogens is 524 g/mol. The maximum atomic E-state index is 15.3. The minimum Gasteiger partial charge on any atom is -0.222 e. The molecule has 0 unspecified atom stereocenters. The lowest BCUT2D eigenvalue weighted by Crippen LogP contribution is -2.53. The van der Waals surface area contributed by atoms with Crippen LogP contribution in [0, 0.1) is 11.8 Å². The molecule has 2 bridgehead atoms. The Morgan fingerprint density at radius 3 is 1.64 bits per heavy atom. The largest absolute Gasteiger partial charge is 0.222 e. The van der Waals surface area contributed by atoms with Crippen molar-refractivity contribution in [3.8, 4) is 11.1 Å². The summed E-state index contributed by atoms with van der Waals surface area (Å²) in [6.07, 6.45) is 4.35. The SMILES string of the molecule is O=S1(=O)c2ccc3ccccc3c2-c2c(ccc3ccccc23)S(=O)(=O)C12[C@@H]1C=C[C@@H](C1)[C@@H]2c1ccccc1. The molecule has 0 aromatic heterocycles. The van der Waals surface area contributed by atoms with Gasteiger partial charge in [0, 0.05) is 23.0 Å². The van der Waals surface area contributed by atoms with Crippen LogP contribution in [0.15, 0.2) is 125 Å². The van der Waals surface area contributed by atoms with Gasteiger partial charge in [-0.05, 0) is 51.6 Å². The first-order valence-electron chi connectivity index (χ1n) is 13.1. The summed E-state index contributed by atoms with van der Waals surface area (Å²) in [5, 5.41) is 3.20. The van der Waals surface area contributed by atoms with Crippen LogP contribution in [-0.2, 0) is 19.7 Å². The molecule has 0 saturated heterocycles. The second-order valence-electron chi connectivity index (χ2n) is 10.8. The van der Waals surface area contributed by atoms with E-state index in [1.807, 2.05) is 103 Å². The molecule has 1 fully saturated rings. The Morgan fingerprint density at radius 1 is 0.564 bits per heavy atom. The van der Waals surface area contributed by atoms with E-state index < -0.39 is 35.6 Å². The third-order valence-electron chi connectivity index (χ3n) is 9.10. The summed E-state index contributed by atoms with van der Waals surface area (Å²) in [5.41, 5.74) is 1.71. The molecule has 4 nitrogen and oxygen atoms in total. The molecule has 6 heteroatoms. The highest BCUT2D eigenvalue weighted by Crippen LogP contribution is 2.66. The van der Waals surface area contributed by atoms with Crippen molar-refractivity contribution in [2.45, 2.75) is 26.2 Å². The molecule has 3 atom stereocenters. The first kappa shape index (κ1) is 23.2. The Balaban J connectivity index is 1.63. The quantitative estimate of drug-likeness (QED) is 0.214. The van der Waals surface area contributed by atoms with E-state index in [0.29, 0.717) is 17.5 Å². The van der Waals surface area contributed by atoms with E-state index in [9.17, 15) is 0 Å². The molecule has 1 heterocycles. The van der Waals surface area contributed by atoms with Crippen LogP contribution < -0.4 is 0 Å². The summed E-state index contributed by atoms with van der Waals surface area (Å²) < 4.78 is 59.0. The van der Waals surface area contributed by atoms with Gasteiger partial charge in [-0.2, -0.15) is 0 Å². The minimum atomic E-state index is -4.42. The second-order valence-corrected chi connectivity index (χ2v) is 15.3. The standard InChI is InChI=1S/C33H24O4S2/c34-38(35)28-18-15-21-8-4-6-12-26(21)30(28)31-27-13-7-5-9-22(27)16-19-29(31)39(36,37)33(38)25-17-14-24(20-25)32(33)23-10-2-1-3-11-23/h1-19,24-25,32H,20H2/t24-,25+,32-/m0/s1. The predicted octanol–water partition coefficient (Wildman–Crippen LogP) is 6.91. The molecule has 8 rings (SSSR count). The highest BCUT2D eigenvalue weighted by molar-refractivity contribution is 8.10. The van der Waals surface area contributed by atoms with Gasteiger partial charge in [-0.3, -0.25) is 0 Å². The summed E-state index contributed by atoms with van der Waals surface area (Å²) in [5.74, 6) is -1.56. The van der Waals surface area contributed by atoms with Crippen molar-refractivity contribution < 1.29 is 16.8 Å².